The largest absolute Gasteiger partial charge is 0.444 e. The van der Waals surface area contributed by atoms with Gasteiger partial charge in [-0.25, -0.2) is 9.78 Å². The first kappa shape index (κ1) is 17.5. The standard InChI is InChI=1S/C15H27N3O3/c1-7-20-9-8-18-11-16-10-12(18)15(5,6)17-13(19)21-14(2,3)4/h10-11H,7-9H2,1-6H3,(H,17,19). The van der Waals surface area contributed by atoms with Gasteiger partial charge in [0.15, 0.2) is 0 Å². The van der Waals surface area contributed by atoms with Crippen LogP contribution in [-0.4, -0.2) is 34.5 Å². The van der Waals surface area contributed by atoms with E-state index in [1.54, 1.807) is 12.5 Å². The molecule has 0 saturated heterocycles. The van der Waals surface area contributed by atoms with Gasteiger partial charge in [-0.05, 0) is 41.5 Å². The fourth-order valence-corrected chi connectivity index (χ4v) is 1.95. The van der Waals surface area contributed by atoms with Crippen LogP contribution in [0.5, 0.6) is 0 Å². The summed E-state index contributed by atoms with van der Waals surface area (Å²) in [6.07, 6.45) is 3.06. The molecule has 1 aromatic heterocycles. The van der Waals surface area contributed by atoms with E-state index in [1.165, 1.54) is 0 Å². The lowest BCUT2D eigenvalue weighted by Crippen LogP contribution is -2.45. The maximum atomic E-state index is 12.0. The second kappa shape index (κ2) is 6.93. The van der Waals surface area contributed by atoms with Gasteiger partial charge in [0.25, 0.3) is 0 Å². The van der Waals surface area contributed by atoms with E-state index in [4.69, 9.17) is 9.47 Å². The molecule has 0 unspecified atom stereocenters. The lowest BCUT2D eigenvalue weighted by Gasteiger charge is -2.29. The van der Waals surface area contributed by atoms with E-state index in [-0.39, 0.29) is 0 Å². The molecule has 1 heterocycles. The van der Waals surface area contributed by atoms with E-state index in [1.807, 2.05) is 46.1 Å². The van der Waals surface area contributed by atoms with E-state index in [0.717, 1.165) is 5.69 Å². The molecule has 1 rings (SSSR count). The second-order valence-corrected chi connectivity index (χ2v) is 6.42. The number of hydrogen-bond acceptors (Lipinski definition) is 4. The van der Waals surface area contributed by atoms with Crippen molar-refractivity contribution in [2.75, 3.05) is 13.2 Å². The minimum atomic E-state index is -0.578. The number of imidazole rings is 1. The van der Waals surface area contributed by atoms with Gasteiger partial charge < -0.3 is 19.4 Å². The van der Waals surface area contributed by atoms with Crippen LogP contribution in [0.1, 0.15) is 47.2 Å². The number of amides is 1. The van der Waals surface area contributed by atoms with Gasteiger partial charge in [0.2, 0.25) is 0 Å². The quantitative estimate of drug-likeness (QED) is 0.820. The van der Waals surface area contributed by atoms with Gasteiger partial charge in [0, 0.05) is 13.2 Å². The third kappa shape index (κ3) is 5.75. The van der Waals surface area contributed by atoms with Crippen LogP contribution in [-0.2, 0) is 21.6 Å². The maximum absolute atomic E-state index is 12.0. The van der Waals surface area contributed by atoms with E-state index in [2.05, 4.69) is 10.3 Å². The Hall–Kier alpha value is -1.56. The Morgan fingerprint density at radius 1 is 1.33 bits per heavy atom. The number of carbonyl (C=O) groups excluding carboxylic acids is 1. The van der Waals surface area contributed by atoms with Gasteiger partial charge in [-0.15, -0.1) is 0 Å². The monoisotopic (exact) mass is 297 g/mol. The van der Waals surface area contributed by atoms with Gasteiger partial charge in [-0.2, -0.15) is 0 Å². The van der Waals surface area contributed by atoms with Crippen LogP contribution in [0.3, 0.4) is 0 Å². The maximum Gasteiger partial charge on any atom is 0.408 e. The third-order valence-electron chi connectivity index (χ3n) is 2.85. The number of alkyl carbamates (subject to hydrolysis) is 1. The Morgan fingerprint density at radius 2 is 2.00 bits per heavy atom. The van der Waals surface area contributed by atoms with Crippen molar-refractivity contribution in [3.8, 4) is 0 Å². The molecule has 6 nitrogen and oxygen atoms in total. The molecule has 1 N–H and O–H groups in total. The lowest BCUT2D eigenvalue weighted by molar-refractivity contribution is 0.0466. The summed E-state index contributed by atoms with van der Waals surface area (Å²) in [6, 6.07) is 0. The van der Waals surface area contributed by atoms with E-state index in [0.29, 0.717) is 19.8 Å². The lowest BCUT2D eigenvalue weighted by atomic mass is 10.0. The van der Waals surface area contributed by atoms with Crippen LogP contribution in [0.2, 0.25) is 0 Å². The highest BCUT2D eigenvalue weighted by Crippen LogP contribution is 2.20. The molecule has 0 aliphatic heterocycles. The zero-order valence-electron chi connectivity index (χ0n) is 13.9. The van der Waals surface area contributed by atoms with Gasteiger partial charge in [-0.3, -0.25) is 0 Å². The van der Waals surface area contributed by atoms with Gasteiger partial charge in [0.1, 0.15) is 5.60 Å². The predicted molar refractivity (Wildman–Crippen MR) is 81.1 cm³/mol. The molecule has 1 aromatic rings. The van der Waals surface area contributed by atoms with Gasteiger partial charge in [-0.1, -0.05) is 0 Å². The van der Waals surface area contributed by atoms with Crippen molar-refractivity contribution in [3.63, 3.8) is 0 Å². The predicted octanol–water partition coefficient (Wildman–Crippen LogP) is 2.68. The molecule has 0 saturated carbocycles. The summed E-state index contributed by atoms with van der Waals surface area (Å²) >= 11 is 0. The fourth-order valence-electron chi connectivity index (χ4n) is 1.95. The van der Waals surface area contributed by atoms with Crippen molar-refractivity contribution >= 4 is 6.09 Å². The topological polar surface area (TPSA) is 65.4 Å². The number of aromatic nitrogens is 2. The first-order chi connectivity index (χ1) is 9.65. The van der Waals surface area contributed by atoms with Crippen molar-refractivity contribution in [1.82, 2.24) is 14.9 Å². The van der Waals surface area contributed by atoms with Crippen LogP contribution >= 0.6 is 0 Å². The molecule has 21 heavy (non-hydrogen) atoms. The first-order valence-corrected chi connectivity index (χ1v) is 7.25. The molecule has 6 heteroatoms. The van der Waals surface area contributed by atoms with Crippen molar-refractivity contribution in [3.05, 3.63) is 18.2 Å². The zero-order chi connectivity index (χ0) is 16.1. The summed E-state index contributed by atoms with van der Waals surface area (Å²) in [4.78, 5) is 16.1. The summed E-state index contributed by atoms with van der Waals surface area (Å²) in [5.41, 5.74) is -0.187. The molecule has 0 atom stereocenters. The van der Waals surface area contributed by atoms with E-state index in [9.17, 15) is 4.79 Å². The SMILES string of the molecule is CCOCCn1cncc1C(C)(C)NC(=O)OC(C)(C)C. The highest BCUT2D eigenvalue weighted by molar-refractivity contribution is 5.68. The number of hydrogen-bond donors (Lipinski definition) is 1. The Balaban J connectivity index is 2.74. The fraction of sp³-hybridized carbons (Fsp3) is 0.733. The minimum absolute atomic E-state index is 0.440. The van der Waals surface area contributed by atoms with Crippen LogP contribution in [0.15, 0.2) is 12.5 Å². The van der Waals surface area contributed by atoms with Gasteiger partial charge >= 0.3 is 6.09 Å². The number of nitrogens with zero attached hydrogens (tertiary/aromatic N) is 2. The van der Waals surface area contributed by atoms with Gasteiger partial charge in [0.05, 0.1) is 30.4 Å². The number of rotatable bonds is 6. The Kier molecular flexibility index (Phi) is 5.78. The molecular formula is C15H27N3O3. The molecule has 0 spiro atoms. The summed E-state index contributed by atoms with van der Waals surface area (Å²) in [6.45, 7) is 13.3. The summed E-state index contributed by atoms with van der Waals surface area (Å²) < 4.78 is 12.6. The van der Waals surface area contributed by atoms with Crippen LogP contribution in [0.4, 0.5) is 4.79 Å². The van der Waals surface area contributed by atoms with Crippen molar-refractivity contribution in [1.29, 1.82) is 0 Å². The number of ether oxygens (including phenoxy) is 2. The molecule has 0 aliphatic rings. The summed E-state index contributed by atoms with van der Waals surface area (Å²) in [7, 11) is 0. The number of nitrogens with one attached hydrogen (secondary N) is 1. The summed E-state index contributed by atoms with van der Waals surface area (Å²) in [5, 5.41) is 2.88. The highest BCUT2D eigenvalue weighted by atomic mass is 16.6. The number of carbonyl (C=O) groups is 1. The van der Waals surface area contributed by atoms with E-state index < -0.39 is 17.2 Å². The normalized spacial score (nSPS) is 12.3. The molecule has 120 valence electrons. The molecule has 0 aliphatic carbocycles. The molecule has 1 amide bonds. The average Bonchev–Trinajstić information content (AvgIpc) is 2.74. The Morgan fingerprint density at radius 3 is 2.57 bits per heavy atom. The highest BCUT2D eigenvalue weighted by Gasteiger charge is 2.29. The van der Waals surface area contributed by atoms with Crippen LogP contribution < -0.4 is 5.32 Å². The van der Waals surface area contributed by atoms with Crippen molar-refractivity contribution in [2.45, 2.75) is 59.2 Å². The molecule has 0 radical (unpaired) electrons. The van der Waals surface area contributed by atoms with Crippen molar-refractivity contribution < 1.29 is 14.3 Å². The summed E-state index contributed by atoms with van der Waals surface area (Å²) in [5.74, 6) is 0. The molecule has 0 aromatic carbocycles. The molecule has 0 fully saturated rings. The average molecular weight is 297 g/mol. The third-order valence-corrected chi connectivity index (χ3v) is 2.85. The smallest absolute Gasteiger partial charge is 0.408 e. The minimum Gasteiger partial charge on any atom is -0.444 e. The van der Waals surface area contributed by atoms with Crippen molar-refractivity contribution in [2.24, 2.45) is 0 Å². The molecule has 0 bridgehead atoms. The van der Waals surface area contributed by atoms with Crippen LogP contribution in [0.25, 0.3) is 0 Å². The van der Waals surface area contributed by atoms with E-state index >= 15 is 0 Å². The Labute approximate surface area is 126 Å². The Bertz CT molecular complexity index is 461. The van der Waals surface area contributed by atoms with Crippen LogP contribution in [0, 0.1) is 0 Å². The first-order valence-electron chi connectivity index (χ1n) is 7.25. The second-order valence-electron chi connectivity index (χ2n) is 6.42. The zero-order valence-corrected chi connectivity index (χ0v) is 13.9. The molecular weight excluding hydrogens is 270 g/mol.